The van der Waals surface area contributed by atoms with Gasteiger partial charge in [-0.25, -0.2) is 4.98 Å². The topological polar surface area (TPSA) is 39.9 Å². The Morgan fingerprint density at radius 2 is 1.88 bits per heavy atom. The van der Waals surface area contributed by atoms with Crippen LogP contribution in [-0.2, 0) is 6.54 Å². The fourth-order valence-corrected chi connectivity index (χ4v) is 2.83. The summed E-state index contributed by atoms with van der Waals surface area (Å²) in [5.41, 5.74) is 0.926. The molecule has 0 fully saturated rings. The van der Waals surface area contributed by atoms with Crippen LogP contribution in [0.1, 0.15) is 18.4 Å². The molecule has 4 nitrogen and oxygen atoms in total. The van der Waals surface area contributed by atoms with Gasteiger partial charge in [-0.15, -0.1) is 5.92 Å². The molecule has 0 N–H and O–H groups in total. The molecule has 0 aliphatic rings. The molecule has 0 bridgehead atoms. The van der Waals surface area contributed by atoms with Crippen molar-refractivity contribution in [1.29, 1.82) is 0 Å². The van der Waals surface area contributed by atoms with Crippen molar-refractivity contribution in [3.8, 4) is 23.3 Å². The fraction of sp³-hybridized carbons (Fsp3) is 0.158. The number of ether oxygens (including phenoxy) is 1. The number of rotatable bonds is 5. The maximum absolute atomic E-state index is 6.48. The lowest BCUT2D eigenvalue weighted by molar-refractivity contribution is 0.482. The molecule has 1 aromatic heterocycles. The fourth-order valence-electron chi connectivity index (χ4n) is 2.40. The zero-order chi connectivity index (χ0) is 17.6. The predicted molar refractivity (Wildman–Crippen MR) is 99.2 cm³/mol. The Hall–Kier alpha value is -2.48. The summed E-state index contributed by atoms with van der Waals surface area (Å²) in [5, 5.41) is 5.39. The van der Waals surface area contributed by atoms with E-state index in [0.717, 1.165) is 5.56 Å². The first kappa shape index (κ1) is 17.3. The molecule has 1 unspecified atom stereocenters. The quantitative estimate of drug-likeness (QED) is 0.579. The van der Waals surface area contributed by atoms with Crippen molar-refractivity contribution in [3.63, 3.8) is 0 Å². The Labute approximate surface area is 156 Å². The Morgan fingerprint density at radius 1 is 1.12 bits per heavy atom. The van der Waals surface area contributed by atoms with Gasteiger partial charge in [0.2, 0.25) is 0 Å². The van der Waals surface area contributed by atoms with E-state index in [9.17, 15) is 0 Å². The van der Waals surface area contributed by atoms with Crippen LogP contribution in [0.25, 0.3) is 0 Å². The third-order valence-corrected chi connectivity index (χ3v) is 4.13. The first-order valence-corrected chi connectivity index (χ1v) is 8.39. The molecule has 3 rings (SSSR count). The minimum absolute atomic E-state index is 0.0798. The molecule has 0 spiro atoms. The summed E-state index contributed by atoms with van der Waals surface area (Å²) >= 11 is 12.4. The van der Waals surface area contributed by atoms with E-state index in [0.29, 0.717) is 28.1 Å². The van der Waals surface area contributed by atoms with Crippen molar-refractivity contribution < 1.29 is 4.74 Å². The second-order valence-electron chi connectivity index (χ2n) is 5.30. The monoisotopic (exact) mass is 371 g/mol. The summed E-state index contributed by atoms with van der Waals surface area (Å²) in [4.78, 5) is 3.96. The van der Waals surface area contributed by atoms with Crippen molar-refractivity contribution in [1.82, 2.24) is 14.8 Å². The molecule has 25 heavy (non-hydrogen) atoms. The summed E-state index contributed by atoms with van der Waals surface area (Å²) < 4.78 is 7.55. The minimum Gasteiger partial charge on any atom is -0.457 e. The van der Waals surface area contributed by atoms with E-state index in [4.69, 9.17) is 27.9 Å². The number of hydrogen-bond acceptors (Lipinski definition) is 3. The van der Waals surface area contributed by atoms with Crippen LogP contribution in [0.4, 0.5) is 0 Å². The van der Waals surface area contributed by atoms with Crippen molar-refractivity contribution in [2.45, 2.75) is 19.4 Å². The molecule has 3 aromatic rings. The normalized spacial score (nSPS) is 11.5. The third kappa shape index (κ3) is 4.54. The predicted octanol–water partition coefficient (Wildman–Crippen LogP) is 5.18. The van der Waals surface area contributed by atoms with Crippen molar-refractivity contribution in [3.05, 3.63) is 70.7 Å². The first-order chi connectivity index (χ1) is 12.2. The Morgan fingerprint density at radius 3 is 2.52 bits per heavy atom. The molecule has 2 aromatic carbocycles. The molecule has 6 heteroatoms. The average molecular weight is 372 g/mol. The van der Waals surface area contributed by atoms with E-state index < -0.39 is 0 Å². The lowest BCUT2D eigenvalue weighted by atomic mass is 9.99. The van der Waals surface area contributed by atoms with E-state index in [2.05, 4.69) is 21.9 Å². The van der Waals surface area contributed by atoms with Gasteiger partial charge in [-0.1, -0.05) is 35.2 Å². The molecule has 0 saturated heterocycles. The highest BCUT2D eigenvalue weighted by Gasteiger charge is 2.15. The van der Waals surface area contributed by atoms with Crippen LogP contribution in [0.3, 0.4) is 0 Å². The Kier molecular flexibility index (Phi) is 5.60. The summed E-state index contributed by atoms with van der Waals surface area (Å²) in [5.74, 6) is 7.39. The van der Waals surface area contributed by atoms with E-state index >= 15 is 0 Å². The molecule has 0 amide bonds. The number of halogens is 2. The highest BCUT2D eigenvalue weighted by Crippen LogP contribution is 2.31. The SMILES string of the molecule is CC#CC(Cn1cncn1)c1ccc(Oc2ccc(Cl)cc2)cc1Cl. The highest BCUT2D eigenvalue weighted by molar-refractivity contribution is 6.31. The second kappa shape index (κ2) is 8.06. The summed E-state index contributed by atoms with van der Waals surface area (Å²) in [6, 6.07) is 12.8. The van der Waals surface area contributed by atoms with Gasteiger partial charge in [-0.2, -0.15) is 5.10 Å². The molecule has 0 saturated carbocycles. The van der Waals surface area contributed by atoms with E-state index in [1.54, 1.807) is 48.3 Å². The van der Waals surface area contributed by atoms with Gasteiger partial charge in [0.1, 0.15) is 24.2 Å². The minimum atomic E-state index is -0.0798. The van der Waals surface area contributed by atoms with E-state index in [1.807, 2.05) is 12.1 Å². The lowest BCUT2D eigenvalue weighted by Gasteiger charge is -2.14. The molecular formula is C19H15Cl2N3O. The molecule has 0 aliphatic carbocycles. The average Bonchev–Trinajstić information content (AvgIpc) is 3.10. The van der Waals surface area contributed by atoms with Gasteiger partial charge in [0.25, 0.3) is 0 Å². The molecule has 0 radical (unpaired) electrons. The van der Waals surface area contributed by atoms with Crippen LogP contribution in [0, 0.1) is 11.8 Å². The molecule has 1 heterocycles. The molecule has 0 aliphatic heterocycles. The zero-order valence-corrected chi connectivity index (χ0v) is 15.0. The van der Waals surface area contributed by atoms with Gasteiger partial charge in [-0.3, -0.25) is 4.68 Å². The van der Waals surface area contributed by atoms with Gasteiger partial charge < -0.3 is 4.74 Å². The largest absolute Gasteiger partial charge is 0.457 e. The number of aromatic nitrogens is 3. The van der Waals surface area contributed by atoms with Crippen LogP contribution in [-0.4, -0.2) is 14.8 Å². The van der Waals surface area contributed by atoms with Crippen molar-refractivity contribution >= 4 is 23.2 Å². The lowest BCUT2D eigenvalue weighted by Crippen LogP contribution is -2.09. The van der Waals surface area contributed by atoms with Crippen LogP contribution in [0.2, 0.25) is 10.0 Å². The zero-order valence-electron chi connectivity index (χ0n) is 13.5. The summed E-state index contributed by atoms with van der Waals surface area (Å²) in [6.45, 7) is 2.39. The number of nitrogens with zero attached hydrogens (tertiary/aromatic N) is 3. The van der Waals surface area contributed by atoms with Crippen LogP contribution in [0.5, 0.6) is 11.5 Å². The Balaban J connectivity index is 1.81. The molecular weight excluding hydrogens is 357 g/mol. The summed E-state index contributed by atoms with van der Waals surface area (Å²) in [7, 11) is 0. The maximum Gasteiger partial charge on any atom is 0.137 e. The number of hydrogen-bond donors (Lipinski definition) is 0. The highest BCUT2D eigenvalue weighted by atomic mass is 35.5. The van der Waals surface area contributed by atoms with Gasteiger partial charge in [0.15, 0.2) is 0 Å². The Bertz CT molecular complexity index is 897. The van der Waals surface area contributed by atoms with Crippen LogP contribution in [0.15, 0.2) is 55.1 Å². The van der Waals surface area contributed by atoms with Gasteiger partial charge >= 0.3 is 0 Å². The second-order valence-corrected chi connectivity index (χ2v) is 6.15. The maximum atomic E-state index is 6.48. The van der Waals surface area contributed by atoms with Crippen molar-refractivity contribution in [2.75, 3.05) is 0 Å². The first-order valence-electron chi connectivity index (χ1n) is 7.63. The summed E-state index contributed by atoms with van der Waals surface area (Å²) in [6.07, 6.45) is 3.16. The van der Waals surface area contributed by atoms with Gasteiger partial charge in [-0.05, 0) is 48.9 Å². The van der Waals surface area contributed by atoms with Crippen LogP contribution < -0.4 is 4.74 Å². The number of benzene rings is 2. The smallest absolute Gasteiger partial charge is 0.137 e. The van der Waals surface area contributed by atoms with Crippen LogP contribution >= 0.6 is 23.2 Å². The molecule has 1 atom stereocenters. The van der Waals surface area contributed by atoms with E-state index in [-0.39, 0.29) is 5.92 Å². The van der Waals surface area contributed by atoms with Gasteiger partial charge in [0, 0.05) is 10.0 Å². The standard InChI is InChI=1S/C19H15Cl2N3O/c1-2-3-14(11-24-13-22-12-23-24)18-9-8-17(10-19(18)21)25-16-6-4-15(20)5-7-16/h4-10,12-14H,11H2,1H3. The third-order valence-electron chi connectivity index (χ3n) is 3.55. The van der Waals surface area contributed by atoms with Crippen molar-refractivity contribution in [2.24, 2.45) is 0 Å². The molecule has 126 valence electrons. The van der Waals surface area contributed by atoms with Gasteiger partial charge in [0.05, 0.1) is 12.5 Å². The van der Waals surface area contributed by atoms with E-state index in [1.165, 1.54) is 6.33 Å².